The Kier molecular flexibility index (Phi) is 13.4. The number of aryl methyl sites for hydroxylation is 1. The van der Waals surface area contributed by atoms with Gasteiger partial charge < -0.3 is 39.5 Å². The van der Waals surface area contributed by atoms with E-state index in [2.05, 4.69) is 24.3 Å². The third-order valence-electron chi connectivity index (χ3n) is 8.60. The number of carbonyl (C=O) groups excluding carboxylic acids is 2. The molecule has 2 aromatic rings. The molecule has 1 fully saturated rings. The molecule has 0 spiro atoms. The fraction of sp³-hybridized carbons (Fsp3) is 0.656. The molecule has 3 N–H and O–H groups in total. The smallest absolute Gasteiger partial charge is 0.242 e. The average molecular weight is 618 g/mol. The molecule has 246 valence electrons. The molecule has 1 aromatic carbocycles. The summed E-state index contributed by atoms with van der Waals surface area (Å²) in [6.45, 7) is 8.76. The maximum atomic E-state index is 14.2. The average Bonchev–Trinajstić information content (AvgIpc) is 3.32. The van der Waals surface area contributed by atoms with Crippen LogP contribution >= 0.6 is 0 Å². The Morgan fingerprint density at radius 2 is 1.93 bits per heavy atom. The van der Waals surface area contributed by atoms with Gasteiger partial charge in [-0.25, -0.2) is 0 Å². The maximum absolute atomic E-state index is 14.2. The first-order chi connectivity index (χ1) is 21.0. The molecule has 0 aliphatic carbocycles. The van der Waals surface area contributed by atoms with Crippen molar-refractivity contribution in [3.63, 3.8) is 0 Å². The van der Waals surface area contributed by atoms with E-state index in [0.717, 1.165) is 16.9 Å². The number of amides is 2. The van der Waals surface area contributed by atoms with Crippen LogP contribution in [0.25, 0.3) is 0 Å². The summed E-state index contributed by atoms with van der Waals surface area (Å²) in [5.74, 6) is 0.233. The van der Waals surface area contributed by atoms with Crippen LogP contribution in [0.4, 0.5) is 5.69 Å². The number of ether oxygens (including phenoxy) is 3. The van der Waals surface area contributed by atoms with Gasteiger partial charge in [-0.2, -0.15) is 5.10 Å². The number of nitrogens with zero attached hydrogens (tertiary/aromatic N) is 4. The second-order valence-corrected chi connectivity index (χ2v) is 11.9. The minimum Gasteiger partial charge on any atom is -0.497 e. The minimum atomic E-state index is -1.25. The standard InChI is InChI=1S/C32H51N5O7/c1-21(2)26-18-36(23(4)38)19-29(43-7)32(41)28(39)20-44-14-9-8-13-37(31(26)24-11-10-12-25(15-24)42-6)30(40)17-33-27-16-34-35(5)22(27)3/h10-12,15-16,21,26,28-29,31-33,39,41H,8-9,13-14,17-20H2,1-7H3/t26-,28+,29+,31-,32+/m1/s1. The van der Waals surface area contributed by atoms with Gasteiger partial charge in [0.15, 0.2) is 0 Å². The summed E-state index contributed by atoms with van der Waals surface area (Å²) in [6.07, 6.45) is -0.258. The molecule has 3 rings (SSSR count). The first-order valence-electron chi connectivity index (χ1n) is 15.4. The molecule has 0 unspecified atom stereocenters. The third-order valence-corrected chi connectivity index (χ3v) is 8.60. The summed E-state index contributed by atoms with van der Waals surface area (Å²) in [6, 6.07) is 7.32. The molecule has 1 aromatic heterocycles. The van der Waals surface area contributed by atoms with Crippen LogP contribution < -0.4 is 10.1 Å². The normalized spacial score (nSPS) is 24.5. The van der Waals surface area contributed by atoms with Gasteiger partial charge in [-0.1, -0.05) is 26.0 Å². The molecule has 1 saturated heterocycles. The van der Waals surface area contributed by atoms with Crippen molar-refractivity contribution >= 4 is 17.5 Å². The van der Waals surface area contributed by atoms with E-state index in [9.17, 15) is 19.8 Å². The zero-order valence-electron chi connectivity index (χ0n) is 27.2. The highest BCUT2D eigenvalue weighted by Gasteiger charge is 2.37. The van der Waals surface area contributed by atoms with Crippen molar-refractivity contribution in [2.45, 2.75) is 64.9 Å². The first kappa shape index (κ1) is 35.3. The van der Waals surface area contributed by atoms with Crippen molar-refractivity contribution in [2.24, 2.45) is 18.9 Å². The topological polar surface area (TPSA) is 139 Å². The van der Waals surface area contributed by atoms with E-state index in [1.807, 2.05) is 43.1 Å². The van der Waals surface area contributed by atoms with Crippen molar-refractivity contribution < 1.29 is 34.0 Å². The van der Waals surface area contributed by atoms with Gasteiger partial charge in [0.25, 0.3) is 0 Å². The van der Waals surface area contributed by atoms with Crippen molar-refractivity contribution in [3.8, 4) is 5.75 Å². The lowest BCUT2D eigenvalue weighted by atomic mass is 9.82. The summed E-state index contributed by atoms with van der Waals surface area (Å²) in [7, 11) is 4.91. The Bertz CT molecular complexity index is 1210. The van der Waals surface area contributed by atoms with Crippen LogP contribution in [0, 0.1) is 18.8 Å². The largest absolute Gasteiger partial charge is 0.497 e. The van der Waals surface area contributed by atoms with Crippen molar-refractivity contribution in [1.29, 1.82) is 0 Å². The van der Waals surface area contributed by atoms with Crippen molar-refractivity contribution in [2.75, 3.05) is 58.9 Å². The molecule has 5 atom stereocenters. The zero-order chi connectivity index (χ0) is 32.4. The Morgan fingerprint density at radius 1 is 1.18 bits per heavy atom. The molecule has 2 amide bonds. The fourth-order valence-electron chi connectivity index (χ4n) is 5.68. The lowest BCUT2D eigenvalue weighted by molar-refractivity contribution is -0.139. The van der Waals surface area contributed by atoms with Gasteiger partial charge in [0.1, 0.15) is 24.1 Å². The zero-order valence-corrected chi connectivity index (χ0v) is 27.2. The molecule has 1 aliphatic rings. The summed E-state index contributed by atoms with van der Waals surface area (Å²) in [5, 5.41) is 29.0. The molecule has 2 heterocycles. The summed E-state index contributed by atoms with van der Waals surface area (Å²) in [5.41, 5.74) is 2.61. The van der Waals surface area contributed by atoms with Crippen molar-refractivity contribution in [1.82, 2.24) is 19.6 Å². The SMILES string of the molecule is COc1cccc([C@@H]2[C@@H](C(C)C)CN(C(C)=O)C[C@H](OC)[C@@H](O)[C@@H](O)COCCCCN2C(=O)CNc2cnn(C)c2C)c1. The molecule has 44 heavy (non-hydrogen) atoms. The van der Waals surface area contributed by atoms with Crippen molar-refractivity contribution in [3.05, 3.63) is 41.7 Å². The maximum Gasteiger partial charge on any atom is 0.242 e. The van der Waals surface area contributed by atoms with Crippen LogP contribution in [0.15, 0.2) is 30.5 Å². The number of methoxy groups -OCH3 is 2. The highest BCUT2D eigenvalue weighted by molar-refractivity contribution is 5.81. The number of aliphatic hydroxyl groups is 2. The van der Waals surface area contributed by atoms with Gasteiger partial charge in [0, 0.05) is 53.2 Å². The highest BCUT2D eigenvalue weighted by Crippen LogP contribution is 2.37. The monoisotopic (exact) mass is 617 g/mol. The van der Waals surface area contributed by atoms with Gasteiger partial charge >= 0.3 is 0 Å². The number of nitrogens with one attached hydrogen (secondary N) is 1. The molecule has 0 saturated carbocycles. The Hall–Kier alpha value is -3.19. The van der Waals surface area contributed by atoms with E-state index in [1.165, 1.54) is 14.0 Å². The lowest BCUT2D eigenvalue weighted by Crippen LogP contribution is -2.51. The number of carbonyl (C=O) groups is 2. The van der Waals surface area contributed by atoms with E-state index in [1.54, 1.807) is 22.9 Å². The third kappa shape index (κ3) is 9.16. The molecule has 12 nitrogen and oxygen atoms in total. The molecular weight excluding hydrogens is 566 g/mol. The predicted molar refractivity (Wildman–Crippen MR) is 167 cm³/mol. The highest BCUT2D eigenvalue weighted by atomic mass is 16.5. The van der Waals surface area contributed by atoms with Gasteiger partial charge in [-0.3, -0.25) is 14.3 Å². The number of hydrogen-bond acceptors (Lipinski definition) is 9. The van der Waals surface area contributed by atoms with E-state index in [0.29, 0.717) is 38.3 Å². The number of anilines is 1. The van der Waals surface area contributed by atoms with Crippen LogP contribution in [-0.2, 0) is 26.1 Å². The Balaban J connectivity index is 2.09. The van der Waals surface area contributed by atoms with Crippen LogP contribution in [0.5, 0.6) is 5.75 Å². The quantitative estimate of drug-likeness (QED) is 0.428. The van der Waals surface area contributed by atoms with Gasteiger partial charge in [0.2, 0.25) is 11.8 Å². The van der Waals surface area contributed by atoms with E-state index >= 15 is 0 Å². The Morgan fingerprint density at radius 3 is 2.55 bits per heavy atom. The summed E-state index contributed by atoms with van der Waals surface area (Å²) >= 11 is 0. The van der Waals surface area contributed by atoms with Gasteiger partial charge in [0.05, 0.1) is 43.9 Å². The van der Waals surface area contributed by atoms with E-state index < -0.39 is 24.4 Å². The van der Waals surface area contributed by atoms with E-state index in [-0.39, 0.29) is 43.3 Å². The van der Waals surface area contributed by atoms with E-state index in [4.69, 9.17) is 14.2 Å². The number of hydrogen-bond donors (Lipinski definition) is 3. The molecule has 0 radical (unpaired) electrons. The summed E-state index contributed by atoms with van der Waals surface area (Å²) in [4.78, 5) is 30.8. The summed E-state index contributed by atoms with van der Waals surface area (Å²) < 4.78 is 18.6. The number of benzene rings is 1. The van der Waals surface area contributed by atoms with Crippen LogP contribution in [0.2, 0.25) is 0 Å². The molecule has 12 heteroatoms. The minimum absolute atomic E-state index is 0.0485. The fourth-order valence-corrected chi connectivity index (χ4v) is 5.68. The van der Waals surface area contributed by atoms with Crippen LogP contribution in [0.3, 0.4) is 0 Å². The first-order valence-corrected chi connectivity index (χ1v) is 15.4. The lowest BCUT2D eigenvalue weighted by Gasteiger charge is -2.42. The number of rotatable bonds is 7. The second-order valence-electron chi connectivity index (χ2n) is 11.9. The van der Waals surface area contributed by atoms with Crippen LogP contribution in [-0.4, -0.2) is 114 Å². The van der Waals surface area contributed by atoms with Gasteiger partial charge in [-0.05, 0) is 43.4 Å². The predicted octanol–water partition coefficient (Wildman–Crippen LogP) is 2.39. The number of aromatic nitrogens is 2. The number of aliphatic hydroxyl groups excluding tert-OH is 2. The molecule has 0 bridgehead atoms. The second kappa shape index (κ2) is 16.8. The molecule has 1 aliphatic heterocycles. The van der Waals surface area contributed by atoms with Gasteiger partial charge in [-0.15, -0.1) is 0 Å². The molecular formula is C32H51N5O7. The Labute approximate surface area is 261 Å². The van der Waals surface area contributed by atoms with Crippen LogP contribution in [0.1, 0.15) is 50.9 Å².